The molecule has 0 saturated carbocycles. The van der Waals surface area contributed by atoms with Crippen LogP contribution in [0.5, 0.6) is 0 Å². The van der Waals surface area contributed by atoms with E-state index < -0.39 is 29.1 Å². The second-order valence-electron chi connectivity index (χ2n) is 4.63. The lowest BCUT2D eigenvalue weighted by Crippen LogP contribution is -2.44. The van der Waals surface area contributed by atoms with Crippen molar-refractivity contribution in [2.45, 2.75) is 31.4 Å². The average Bonchev–Trinajstić information content (AvgIpc) is 2.78. The number of rotatable bonds is 3. The second kappa shape index (κ2) is 4.87. The molecular formula is C12H15F3N2O. The molecule has 0 spiro atoms. The Labute approximate surface area is 103 Å². The van der Waals surface area contributed by atoms with Gasteiger partial charge < -0.3 is 4.74 Å². The number of ether oxygens (including phenoxy) is 1. The van der Waals surface area contributed by atoms with Gasteiger partial charge >= 0.3 is 0 Å². The van der Waals surface area contributed by atoms with Crippen LogP contribution < -0.4 is 11.3 Å². The summed E-state index contributed by atoms with van der Waals surface area (Å²) in [7, 11) is 0. The van der Waals surface area contributed by atoms with Gasteiger partial charge in [0.25, 0.3) is 0 Å². The molecule has 0 amide bonds. The largest absolute Gasteiger partial charge is 0.373 e. The SMILES string of the molecule is CC1(C(NN)c2ccc(F)c(F)c2F)CCCO1. The first-order chi connectivity index (χ1) is 8.49. The molecule has 6 heteroatoms. The van der Waals surface area contributed by atoms with Crippen molar-refractivity contribution in [1.82, 2.24) is 5.43 Å². The fraction of sp³-hybridized carbons (Fsp3) is 0.500. The molecule has 0 aliphatic carbocycles. The maximum absolute atomic E-state index is 13.8. The van der Waals surface area contributed by atoms with Crippen molar-refractivity contribution in [2.75, 3.05) is 6.61 Å². The van der Waals surface area contributed by atoms with Crippen LogP contribution in [-0.2, 0) is 4.74 Å². The van der Waals surface area contributed by atoms with Crippen LogP contribution in [0.25, 0.3) is 0 Å². The van der Waals surface area contributed by atoms with Crippen molar-refractivity contribution in [3.63, 3.8) is 0 Å². The van der Waals surface area contributed by atoms with E-state index in [2.05, 4.69) is 5.43 Å². The third-order valence-corrected chi connectivity index (χ3v) is 3.40. The fourth-order valence-electron chi connectivity index (χ4n) is 2.39. The summed E-state index contributed by atoms with van der Waals surface area (Å²) in [6, 6.07) is 1.34. The summed E-state index contributed by atoms with van der Waals surface area (Å²) in [5.41, 5.74) is 1.68. The van der Waals surface area contributed by atoms with Crippen LogP contribution in [0.15, 0.2) is 12.1 Å². The first-order valence-corrected chi connectivity index (χ1v) is 5.73. The van der Waals surface area contributed by atoms with Gasteiger partial charge in [-0.2, -0.15) is 0 Å². The minimum absolute atomic E-state index is 0.0270. The fourth-order valence-corrected chi connectivity index (χ4v) is 2.39. The number of nitrogens with two attached hydrogens (primary N) is 1. The number of halogens is 3. The van der Waals surface area contributed by atoms with E-state index in [-0.39, 0.29) is 5.56 Å². The lowest BCUT2D eigenvalue weighted by atomic mass is 9.88. The predicted molar refractivity (Wildman–Crippen MR) is 60.0 cm³/mol. The highest BCUT2D eigenvalue weighted by Gasteiger charge is 2.40. The zero-order valence-corrected chi connectivity index (χ0v) is 9.97. The predicted octanol–water partition coefficient (Wildman–Crippen LogP) is 2.18. The molecule has 1 aromatic rings. The molecule has 2 unspecified atom stereocenters. The highest BCUT2D eigenvalue weighted by molar-refractivity contribution is 5.26. The molecule has 0 radical (unpaired) electrons. The zero-order chi connectivity index (χ0) is 13.3. The maximum Gasteiger partial charge on any atom is 0.194 e. The number of nitrogens with one attached hydrogen (secondary N) is 1. The molecule has 1 heterocycles. The summed E-state index contributed by atoms with van der Waals surface area (Å²) < 4.78 is 45.4. The smallest absolute Gasteiger partial charge is 0.194 e. The van der Waals surface area contributed by atoms with E-state index in [1.165, 1.54) is 6.07 Å². The van der Waals surface area contributed by atoms with Crippen LogP contribution >= 0.6 is 0 Å². The van der Waals surface area contributed by atoms with Crippen LogP contribution in [-0.4, -0.2) is 12.2 Å². The Morgan fingerprint density at radius 2 is 2.06 bits per heavy atom. The highest BCUT2D eigenvalue weighted by Crippen LogP contribution is 2.38. The van der Waals surface area contributed by atoms with Gasteiger partial charge in [0.05, 0.1) is 11.6 Å². The van der Waals surface area contributed by atoms with E-state index in [0.29, 0.717) is 13.0 Å². The zero-order valence-electron chi connectivity index (χ0n) is 9.97. The molecule has 100 valence electrons. The van der Waals surface area contributed by atoms with Gasteiger partial charge in [-0.1, -0.05) is 6.07 Å². The molecule has 1 saturated heterocycles. The van der Waals surface area contributed by atoms with E-state index >= 15 is 0 Å². The number of hydrogen-bond acceptors (Lipinski definition) is 3. The molecule has 2 atom stereocenters. The normalized spacial score (nSPS) is 25.4. The van der Waals surface area contributed by atoms with Gasteiger partial charge in [0, 0.05) is 12.2 Å². The Balaban J connectivity index is 2.42. The molecular weight excluding hydrogens is 245 g/mol. The molecule has 18 heavy (non-hydrogen) atoms. The quantitative estimate of drug-likeness (QED) is 0.497. The van der Waals surface area contributed by atoms with Crippen molar-refractivity contribution in [1.29, 1.82) is 0 Å². The summed E-state index contributed by atoms with van der Waals surface area (Å²) in [5.74, 6) is 1.48. The van der Waals surface area contributed by atoms with Crippen molar-refractivity contribution in [3.8, 4) is 0 Å². The molecule has 3 nitrogen and oxygen atoms in total. The monoisotopic (exact) mass is 260 g/mol. The number of hydrazine groups is 1. The molecule has 1 aliphatic rings. The Bertz CT molecular complexity index is 447. The van der Waals surface area contributed by atoms with Crippen LogP contribution in [0.4, 0.5) is 13.2 Å². The van der Waals surface area contributed by atoms with Crippen molar-refractivity contribution in [2.24, 2.45) is 5.84 Å². The standard InChI is InChI=1S/C12H15F3N2O/c1-12(5-2-6-18-12)11(17-16)7-3-4-8(13)10(15)9(7)14/h3-4,11,17H,2,5-6,16H2,1H3. The summed E-state index contributed by atoms with van der Waals surface area (Å²) in [4.78, 5) is 0. The van der Waals surface area contributed by atoms with E-state index in [9.17, 15) is 13.2 Å². The molecule has 0 bridgehead atoms. The summed E-state index contributed by atoms with van der Waals surface area (Å²) >= 11 is 0. The molecule has 3 N–H and O–H groups in total. The number of hydrogen-bond donors (Lipinski definition) is 2. The highest BCUT2D eigenvalue weighted by atomic mass is 19.2. The van der Waals surface area contributed by atoms with Crippen LogP contribution in [0.3, 0.4) is 0 Å². The first-order valence-electron chi connectivity index (χ1n) is 5.73. The first kappa shape index (κ1) is 13.3. The van der Waals surface area contributed by atoms with Gasteiger partial charge in [-0.15, -0.1) is 0 Å². The third kappa shape index (κ3) is 2.11. The van der Waals surface area contributed by atoms with Gasteiger partial charge in [-0.25, -0.2) is 18.6 Å². The summed E-state index contributed by atoms with van der Waals surface area (Å²) in [6.45, 7) is 2.31. The Morgan fingerprint density at radius 3 is 2.61 bits per heavy atom. The summed E-state index contributed by atoms with van der Waals surface area (Å²) in [6.07, 6.45) is 1.49. The van der Waals surface area contributed by atoms with Gasteiger partial charge in [-0.05, 0) is 25.8 Å². The van der Waals surface area contributed by atoms with Crippen molar-refractivity contribution < 1.29 is 17.9 Å². The van der Waals surface area contributed by atoms with Gasteiger partial charge in [0.1, 0.15) is 0 Å². The van der Waals surface area contributed by atoms with Crippen LogP contribution in [0.1, 0.15) is 31.4 Å². The molecule has 1 aliphatic heterocycles. The Kier molecular flexibility index (Phi) is 3.61. The molecule has 2 rings (SSSR count). The van der Waals surface area contributed by atoms with Crippen LogP contribution in [0.2, 0.25) is 0 Å². The number of benzene rings is 1. The third-order valence-electron chi connectivity index (χ3n) is 3.40. The summed E-state index contributed by atoms with van der Waals surface area (Å²) in [5, 5.41) is 0. The minimum Gasteiger partial charge on any atom is -0.373 e. The lowest BCUT2D eigenvalue weighted by molar-refractivity contribution is -0.0136. The van der Waals surface area contributed by atoms with Gasteiger partial charge in [0.15, 0.2) is 17.5 Å². The topological polar surface area (TPSA) is 47.3 Å². The Morgan fingerprint density at radius 1 is 1.33 bits per heavy atom. The molecule has 1 aromatic carbocycles. The lowest BCUT2D eigenvalue weighted by Gasteiger charge is -2.33. The van der Waals surface area contributed by atoms with Gasteiger partial charge in [0.2, 0.25) is 0 Å². The minimum atomic E-state index is -1.49. The maximum atomic E-state index is 13.8. The van der Waals surface area contributed by atoms with Crippen LogP contribution in [0, 0.1) is 17.5 Å². The van der Waals surface area contributed by atoms with E-state index in [4.69, 9.17) is 10.6 Å². The van der Waals surface area contributed by atoms with Crippen molar-refractivity contribution in [3.05, 3.63) is 35.1 Å². The van der Waals surface area contributed by atoms with E-state index in [1.54, 1.807) is 6.92 Å². The van der Waals surface area contributed by atoms with E-state index in [1.807, 2.05) is 0 Å². The average molecular weight is 260 g/mol. The Hall–Kier alpha value is -1.11. The van der Waals surface area contributed by atoms with E-state index in [0.717, 1.165) is 12.5 Å². The molecule has 1 fully saturated rings. The van der Waals surface area contributed by atoms with Gasteiger partial charge in [-0.3, -0.25) is 5.84 Å². The van der Waals surface area contributed by atoms with Crippen molar-refractivity contribution >= 4 is 0 Å². The second-order valence-corrected chi connectivity index (χ2v) is 4.63. The molecule has 0 aromatic heterocycles.